The van der Waals surface area contributed by atoms with Gasteiger partial charge < -0.3 is 4.74 Å². The third-order valence-electron chi connectivity index (χ3n) is 2.42. The molecule has 19 heavy (non-hydrogen) atoms. The lowest BCUT2D eigenvalue weighted by Crippen LogP contribution is -2.27. The van der Waals surface area contributed by atoms with Gasteiger partial charge in [0.2, 0.25) is 0 Å². The van der Waals surface area contributed by atoms with Crippen LogP contribution >= 0.6 is 11.6 Å². The van der Waals surface area contributed by atoms with Gasteiger partial charge >= 0.3 is 6.09 Å². The Morgan fingerprint density at radius 2 is 2.05 bits per heavy atom. The molecule has 1 heterocycles. The maximum Gasteiger partial charge on any atom is 0.415 e. The van der Waals surface area contributed by atoms with Gasteiger partial charge in [-0.1, -0.05) is 41.9 Å². The first kappa shape index (κ1) is 13.3. The Morgan fingerprint density at radius 3 is 2.74 bits per heavy atom. The second-order valence-electron chi connectivity index (χ2n) is 3.80. The van der Waals surface area contributed by atoms with Crippen molar-refractivity contribution in [2.75, 3.05) is 11.9 Å². The quantitative estimate of drug-likeness (QED) is 0.866. The molecule has 1 aromatic carbocycles. The molecule has 0 spiro atoms. The molecule has 0 atom stereocenters. The highest BCUT2D eigenvalue weighted by Crippen LogP contribution is 2.12. The van der Waals surface area contributed by atoms with Crippen LogP contribution in [0.4, 0.5) is 10.6 Å². The number of nitrogens with zero attached hydrogens (tertiary/aromatic N) is 3. The van der Waals surface area contributed by atoms with Crippen LogP contribution in [0.25, 0.3) is 0 Å². The zero-order chi connectivity index (χ0) is 13.7. The molecular weight excluding hydrogens is 266 g/mol. The van der Waals surface area contributed by atoms with Crippen molar-refractivity contribution in [2.45, 2.75) is 6.61 Å². The molecule has 6 heteroatoms. The lowest BCUT2D eigenvalue weighted by molar-refractivity contribution is 0.148. The van der Waals surface area contributed by atoms with Gasteiger partial charge in [0.1, 0.15) is 11.8 Å². The molecule has 2 rings (SSSR count). The van der Waals surface area contributed by atoms with Gasteiger partial charge in [0, 0.05) is 7.05 Å². The number of benzene rings is 1. The van der Waals surface area contributed by atoms with Crippen molar-refractivity contribution < 1.29 is 9.53 Å². The number of amides is 1. The van der Waals surface area contributed by atoms with Gasteiger partial charge in [0.25, 0.3) is 0 Å². The third kappa shape index (κ3) is 3.66. The first-order valence-corrected chi connectivity index (χ1v) is 5.96. The molecule has 5 nitrogen and oxygen atoms in total. The van der Waals surface area contributed by atoms with Gasteiger partial charge in [-0.05, 0) is 5.56 Å². The van der Waals surface area contributed by atoms with Gasteiger partial charge in [0.05, 0.1) is 12.4 Å². The number of rotatable bonds is 3. The van der Waals surface area contributed by atoms with E-state index in [9.17, 15) is 4.79 Å². The Kier molecular flexibility index (Phi) is 4.30. The molecule has 0 unspecified atom stereocenters. The molecule has 0 saturated heterocycles. The number of anilines is 1. The molecule has 98 valence electrons. The van der Waals surface area contributed by atoms with E-state index in [-0.39, 0.29) is 11.8 Å². The van der Waals surface area contributed by atoms with Crippen molar-refractivity contribution >= 4 is 23.5 Å². The number of carbonyl (C=O) groups excluding carboxylic acids is 1. The van der Waals surface area contributed by atoms with Gasteiger partial charge in [-0.15, -0.1) is 0 Å². The van der Waals surface area contributed by atoms with Crippen LogP contribution < -0.4 is 4.90 Å². The number of hydrogen-bond acceptors (Lipinski definition) is 4. The second-order valence-corrected chi connectivity index (χ2v) is 4.19. The summed E-state index contributed by atoms with van der Waals surface area (Å²) in [6.07, 6.45) is 2.32. The zero-order valence-corrected chi connectivity index (χ0v) is 11.0. The molecule has 0 aliphatic carbocycles. The van der Waals surface area contributed by atoms with Crippen LogP contribution in [0.1, 0.15) is 5.56 Å². The average Bonchev–Trinajstić information content (AvgIpc) is 2.45. The van der Waals surface area contributed by atoms with Crippen molar-refractivity contribution in [3.63, 3.8) is 0 Å². The number of aromatic nitrogens is 2. The summed E-state index contributed by atoms with van der Waals surface area (Å²) >= 11 is 5.71. The fraction of sp³-hybridized carbons (Fsp3) is 0.154. The Bertz CT molecular complexity index is 563. The van der Waals surface area contributed by atoms with Gasteiger partial charge in [-0.2, -0.15) is 0 Å². The number of halogens is 1. The largest absolute Gasteiger partial charge is 0.444 e. The van der Waals surface area contributed by atoms with E-state index in [1.807, 2.05) is 30.3 Å². The van der Waals surface area contributed by atoms with Crippen LogP contribution in [0.3, 0.4) is 0 Å². The number of carbonyl (C=O) groups is 1. The minimum absolute atomic E-state index is 0.206. The summed E-state index contributed by atoms with van der Waals surface area (Å²) in [5.74, 6) is 0.338. The summed E-state index contributed by atoms with van der Waals surface area (Å²) < 4.78 is 5.16. The van der Waals surface area contributed by atoms with Crippen LogP contribution in [-0.2, 0) is 11.3 Å². The highest BCUT2D eigenvalue weighted by molar-refractivity contribution is 6.29. The van der Waals surface area contributed by atoms with Gasteiger partial charge in [-0.25, -0.2) is 9.78 Å². The highest BCUT2D eigenvalue weighted by atomic mass is 35.5. The molecule has 0 saturated carbocycles. The summed E-state index contributed by atoms with van der Waals surface area (Å²) in [5.41, 5.74) is 0.918. The van der Waals surface area contributed by atoms with Crippen LogP contribution in [-0.4, -0.2) is 23.1 Å². The minimum Gasteiger partial charge on any atom is -0.444 e. The standard InChI is InChI=1S/C13H12ClN3O2/c1-17(12-8-15-7-11(14)16-12)13(18)19-9-10-5-3-2-4-6-10/h2-8H,9H2,1H3. The maximum atomic E-state index is 11.8. The average molecular weight is 278 g/mol. The Morgan fingerprint density at radius 1 is 1.32 bits per heavy atom. The Labute approximate surface area is 115 Å². The first-order chi connectivity index (χ1) is 9.16. The van der Waals surface area contributed by atoms with Crippen LogP contribution in [0.5, 0.6) is 0 Å². The minimum atomic E-state index is -0.514. The number of hydrogen-bond donors (Lipinski definition) is 0. The smallest absolute Gasteiger partial charge is 0.415 e. The van der Waals surface area contributed by atoms with Crippen molar-refractivity contribution in [3.05, 3.63) is 53.4 Å². The lowest BCUT2D eigenvalue weighted by Gasteiger charge is -2.15. The summed E-state index contributed by atoms with van der Waals surface area (Å²) in [4.78, 5) is 20.9. The maximum absolute atomic E-state index is 11.8. The van der Waals surface area contributed by atoms with E-state index in [1.165, 1.54) is 17.3 Å². The fourth-order valence-electron chi connectivity index (χ4n) is 1.40. The molecule has 0 aliphatic rings. The lowest BCUT2D eigenvalue weighted by atomic mass is 10.2. The molecule has 0 radical (unpaired) electrons. The van der Waals surface area contributed by atoms with E-state index < -0.39 is 6.09 Å². The fourth-order valence-corrected chi connectivity index (χ4v) is 1.55. The van der Waals surface area contributed by atoms with Crippen LogP contribution in [0.2, 0.25) is 5.15 Å². The van der Waals surface area contributed by atoms with Gasteiger partial charge in [-0.3, -0.25) is 9.88 Å². The van der Waals surface area contributed by atoms with E-state index >= 15 is 0 Å². The SMILES string of the molecule is CN(C(=O)OCc1ccccc1)c1cncc(Cl)n1. The summed E-state index contributed by atoms with van der Waals surface area (Å²) in [5, 5.41) is 0.222. The van der Waals surface area contributed by atoms with E-state index in [1.54, 1.807) is 7.05 Å². The molecule has 0 aliphatic heterocycles. The summed E-state index contributed by atoms with van der Waals surface area (Å²) in [7, 11) is 1.55. The van der Waals surface area contributed by atoms with E-state index in [0.29, 0.717) is 5.82 Å². The predicted molar refractivity (Wildman–Crippen MR) is 72.1 cm³/mol. The summed E-state index contributed by atoms with van der Waals surface area (Å²) in [6.45, 7) is 0.206. The first-order valence-electron chi connectivity index (χ1n) is 5.59. The molecule has 2 aromatic rings. The zero-order valence-electron chi connectivity index (χ0n) is 10.3. The van der Waals surface area contributed by atoms with Crippen molar-refractivity contribution in [2.24, 2.45) is 0 Å². The Balaban J connectivity index is 1.96. The van der Waals surface area contributed by atoms with Crippen molar-refractivity contribution in [1.82, 2.24) is 9.97 Å². The summed E-state index contributed by atoms with van der Waals surface area (Å²) in [6, 6.07) is 9.43. The van der Waals surface area contributed by atoms with E-state index in [0.717, 1.165) is 5.56 Å². The van der Waals surface area contributed by atoms with Crippen LogP contribution in [0, 0.1) is 0 Å². The van der Waals surface area contributed by atoms with E-state index in [2.05, 4.69) is 9.97 Å². The highest BCUT2D eigenvalue weighted by Gasteiger charge is 2.14. The predicted octanol–water partition coefficient (Wildman–Crippen LogP) is 2.90. The number of ether oxygens (including phenoxy) is 1. The molecule has 0 N–H and O–H groups in total. The normalized spacial score (nSPS) is 10.0. The van der Waals surface area contributed by atoms with E-state index in [4.69, 9.17) is 16.3 Å². The van der Waals surface area contributed by atoms with Crippen molar-refractivity contribution in [1.29, 1.82) is 0 Å². The molecule has 1 aromatic heterocycles. The Hall–Kier alpha value is -2.14. The van der Waals surface area contributed by atoms with Crippen molar-refractivity contribution in [3.8, 4) is 0 Å². The van der Waals surface area contributed by atoms with Crippen LogP contribution in [0.15, 0.2) is 42.7 Å². The third-order valence-corrected chi connectivity index (χ3v) is 2.60. The molecule has 1 amide bonds. The molecule has 0 fully saturated rings. The monoisotopic (exact) mass is 277 g/mol. The topological polar surface area (TPSA) is 55.3 Å². The second kappa shape index (κ2) is 6.15. The molecule has 0 bridgehead atoms. The van der Waals surface area contributed by atoms with Gasteiger partial charge in [0.15, 0.2) is 5.82 Å². The molecular formula is C13H12ClN3O2.